The summed E-state index contributed by atoms with van der Waals surface area (Å²) in [6.45, 7) is 3.68. The average molecular weight is 401 g/mol. The Hall–Kier alpha value is -1.50. The monoisotopic (exact) mass is 400 g/mol. The van der Waals surface area contributed by atoms with Gasteiger partial charge in [0, 0.05) is 24.2 Å². The number of aryl methyl sites for hydroxylation is 2. The number of benzene rings is 1. The smallest absolute Gasteiger partial charge is 0.253 e. The van der Waals surface area contributed by atoms with E-state index in [9.17, 15) is 9.18 Å². The number of amides is 1. The molecule has 0 aliphatic carbocycles. The SMILES string of the molecule is Cc1nc2cc(F)cc(C(=O)NC3CC4CCC(C3)N4)c2nc1C.Cl.Cl. The molecule has 0 radical (unpaired) electrons. The zero-order valence-electron chi connectivity index (χ0n) is 14.7. The molecular weight excluding hydrogens is 378 g/mol. The summed E-state index contributed by atoms with van der Waals surface area (Å²) in [6, 6.07) is 3.70. The van der Waals surface area contributed by atoms with Gasteiger partial charge < -0.3 is 10.6 Å². The molecule has 2 unspecified atom stereocenters. The highest BCUT2D eigenvalue weighted by Gasteiger charge is 2.34. The van der Waals surface area contributed by atoms with Crippen molar-refractivity contribution in [2.24, 2.45) is 0 Å². The van der Waals surface area contributed by atoms with Crippen LogP contribution in [0.4, 0.5) is 4.39 Å². The van der Waals surface area contributed by atoms with Crippen LogP contribution in [0.25, 0.3) is 11.0 Å². The Morgan fingerprint density at radius 1 is 1.12 bits per heavy atom. The first-order valence-corrected chi connectivity index (χ1v) is 8.51. The first-order valence-electron chi connectivity index (χ1n) is 8.51. The van der Waals surface area contributed by atoms with Crippen molar-refractivity contribution in [1.29, 1.82) is 0 Å². The maximum absolute atomic E-state index is 13.9. The summed E-state index contributed by atoms with van der Waals surface area (Å²) in [5, 5.41) is 6.63. The van der Waals surface area contributed by atoms with Gasteiger partial charge in [0.1, 0.15) is 11.3 Å². The number of hydrogen-bond donors (Lipinski definition) is 2. The molecule has 2 N–H and O–H groups in total. The van der Waals surface area contributed by atoms with E-state index in [1.54, 1.807) is 0 Å². The number of nitrogens with zero attached hydrogens (tertiary/aromatic N) is 2. The first-order chi connectivity index (χ1) is 11.5. The van der Waals surface area contributed by atoms with Crippen LogP contribution < -0.4 is 10.6 Å². The van der Waals surface area contributed by atoms with Gasteiger partial charge in [0.15, 0.2) is 0 Å². The van der Waals surface area contributed by atoms with Gasteiger partial charge in [-0.1, -0.05) is 0 Å². The lowest BCUT2D eigenvalue weighted by molar-refractivity contribution is 0.0925. The van der Waals surface area contributed by atoms with Crippen molar-refractivity contribution in [3.05, 3.63) is 34.9 Å². The van der Waals surface area contributed by atoms with Crippen LogP contribution >= 0.6 is 24.8 Å². The minimum Gasteiger partial charge on any atom is -0.349 e. The lowest BCUT2D eigenvalue weighted by Crippen LogP contribution is -2.48. The molecule has 2 bridgehead atoms. The predicted octanol–water partition coefficient (Wildman–Crippen LogP) is 3.24. The highest BCUT2D eigenvalue weighted by Crippen LogP contribution is 2.27. The second-order valence-corrected chi connectivity index (χ2v) is 7.00. The summed E-state index contributed by atoms with van der Waals surface area (Å²) in [6.07, 6.45) is 4.20. The highest BCUT2D eigenvalue weighted by atomic mass is 35.5. The fraction of sp³-hybridized carbons (Fsp3) is 0.500. The molecule has 2 aliphatic heterocycles. The summed E-state index contributed by atoms with van der Waals surface area (Å²) in [4.78, 5) is 21.6. The van der Waals surface area contributed by atoms with Gasteiger partial charge in [-0.05, 0) is 45.6 Å². The van der Waals surface area contributed by atoms with Crippen molar-refractivity contribution in [2.45, 2.75) is 57.7 Å². The van der Waals surface area contributed by atoms with E-state index in [0.717, 1.165) is 24.2 Å². The molecule has 2 aliphatic rings. The number of fused-ring (bicyclic) bond motifs is 3. The van der Waals surface area contributed by atoms with Gasteiger partial charge >= 0.3 is 0 Å². The minimum atomic E-state index is -0.462. The van der Waals surface area contributed by atoms with Crippen molar-refractivity contribution in [2.75, 3.05) is 0 Å². The molecule has 8 heteroatoms. The Morgan fingerprint density at radius 3 is 2.38 bits per heavy atom. The Kier molecular flexibility index (Phi) is 6.42. The number of carbonyl (C=O) groups is 1. The summed E-state index contributed by atoms with van der Waals surface area (Å²) in [5.74, 6) is -0.723. The second kappa shape index (κ2) is 8.03. The van der Waals surface area contributed by atoms with E-state index in [-0.39, 0.29) is 42.3 Å². The van der Waals surface area contributed by atoms with Crippen LogP contribution in [0.3, 0.4) is 0 Å². The third-order valence-corrected chi connectivity index (χ3v) is 5.20. The third kappa shape index (κ3) is 3.92. The molecule has 2 atom stereocenters. The zero-order chi connectivity index (χ0) is 16.8. The van der Waals surface area contributed by atoms with Crippen molar-refractivity contribution < 1.29 is 9.18 Å². The number of halogens is 3. The molecule has 5 nitrogen and oxygen atoms in total. The van der Waals surface area contributed by atoms with Gasteiger partial charge in [0.05, 0.1) is 22.5 Å². The lowest BCUT2D eigenvalue weighted by Gasteiger charge is -2.29. The van der Waals surface area contributed by atoms with E-state index >= 15 is 0 Å². The second-order valence-electron chi connectivity index (χ2n) is 7.00. The van der Waals surface area contributed by atoms with Gasteiger partial charge in [0.2, 0.25) is 0 Å². The number of aromatic nitrogens is 2. The molecule has 2 aromatic rings. The van der Waals surface area contributed by atoms with E-state index in [0.29, 0.717) is 23.1 Å². The molecule has 4 rings (SSSR count). The van der Waals surface area contributed by atoms with Gasteiger partial charge in [0.25, 0.3) is 5.91 Å². The standard InChI is InChI=1S/C18H21FN4O.2ClH/c1-9-10(2)21-17-15(5-11(19)6-16(17)20-9)18(24)23-14-7-12-3-4-13(8-14)22-12;;/h5-6,12-14,22H,3-4,7-8H2,1-2H3,(H,23,24);2*1H. The van der Waals surface area contributed by atoms with Gasteiger partial charge in [-0.25, -0.2) is 14.4 Å². The van der Waals surface area contributed by atoms with Crippen molar-refractivity contribution >= 4 is 41.8 Å². The average Bonchev–Trinajstić information content (AvgIpc) is 2.87. The number of rotatable bonds is 2. The lowest BCUT2D eigenvalue weighted by atomic mass is 9.99. The van der Waals surface area contributed by atoms with Gasteiger partial charge in [-0.2, -0.15) is 0 Å². The van der Waals surface area contributed by atoms with Crippen molar-refractivity contribution in [3.8, 4) is 0 Å². The Balaban J connectivity index is 0.00000121. The van der Waals surface area contributed by atoms with Crippen LogP contribution in [-0.4, -0.2) is 34.0 Å². The van der Waals surface area contributed by atoms with Crippen LogP contribution in [0.15, 0.2) is 12.1 Å². The van der Waals surface area contributed by atoms with E-state index in [2.05, 4.69) is 20.6 Å². The maximum atomic E-state index is 13.9. The van der Waals surface area contributed by atoms with Crippen LogP contribution in [0, 0.1) is 19.7 Å². The van der Waals surface area contributed by atoms with E-state index in [1.807, 2.05) is 13.8 Å². The number of carbonyl (C=O) groups excluding carboxylic acids is 1. The van der Waals surface area contributed by atoms with E-state index in [1.165, 1.54) is 25.0 Å². The molecule has 1 aromatic heterocycles. The molecule has 2 fully saturated rings. The minimum absolute atomic E-state index is 0. The van der Waals surface area contributed by atoms with Gasteiger partial charge in [-0.15, -0.1) is 24.8 Å². The molecule has 2 saturated heterocycles. The molecule has 26 heavy (non-hydrogen) atoms. The summed E-state index contributed by atoms with van der Waals surface area (Å²) in [5.41, 5.74) is 2.66. The fourth-order valence-corrected chi connectivity index (χ4v) is 3.91. The quantitative estimate of drug-likeness (QED) is 0.811. The molecule has 0 spiro atoms. The predicted molar refractivity (Wildman–Crippen MR) is 104 cm³/mol. The Morgan fingerprint density at radius 2 is 1.73 bits per heavy atom. The normalized spacial score (nSPS) is 23.9. The topological polar surface area (TPSA) is 66.9 Å². The van der Waals surface area contributed by atoms with Crippen LogP contribution in [-0.2, 0) is 0 Å². The number of piperidine rings is 1. The molecular formula is C18H23Cl2FN4O. The fourth-order valence-electron chi connectivity index (χ4n) is 3.91. The summed E-state index contributed by atoms with van der Waals surface area (Å²) in [7, 11) is 0. The molecule has 0 saturated carbocycles. The number of nitrogens with one attached hydrogen (secondary N) is 2. The summed E-state index contributed by atoms with van der Waals surface area (Å²) >= 11 is 0. The Bertz CT molecular complexity index is 820. The maximum Gasteiger partial charge on any atom is 0.253 e. The van der Waals surface area contributed by atoms with Crippen molar-refractivity contribution in [3.63, 3.8) is 0 Å². The Labute approximate surface area is 164 Å². The summed E-state index contributed by atoms with van der Waals surface area (Å²) < 4.78 is 13.9. The first kappa shape index (κ1) is 20.8. The van der Waals surface area contributed by atoms with E-state index < -0.39 is 5.82 Å². The molecule has 1 aromatic carbocycles. The van der Waals surface area contributed by atoms with Crippen LogP contribution in [0.2, 0.25) is 0 Å². The van der Waals surface area contributed by atoms with E-state index in [4.69, 9.17) is 0 Å². The van der Waals surface area contributed by atoms with Crippen molar-refractivity contribution in [1.82, 2.24) is 20.6 Å². The number of hydrogen-bond acceptors (Lipinski definition) is 4. The molecule has 142 valence electrons. The third-order valence-electron chi connectivity index (χ3n) is 5.20. The largest absolute Gasteiger partial charge is 0.349 e. The van der Waals surface area contributed by atoms with Crippen LogP contribution in [0.5, 0.6) is 0 Å². The molecule has 1 amide bonds. The highest BCUT2D eigenvalue weighted by molar-refractivity contribution is 6.04. The molecule has 3 heterocycles. The van der Waals surface area contributed by atoms with Gasteiger partial charge in [-0.3, -0.25) is 4.79 Å². The zero-order valence-corrected chi connectivity index (χ0v) is 16.3. The van der Waals surface area contributed by atoms with Crippen LogP contribution in [0.1, 0.15) is 47.4 Å².